The monoisotopic (exact) mass is 350 g/mol. The average Bonchev–Trinajstić information content (AvgIpc) is 2.86. The molecule has 3 amide bonds. The van der Waals surface area contributed by atoms with Crippen molar-refractivity contribution < 1.29 is 23.9 Å². The van der Waals surface area contributed by atoms with Crippen LogP contribution in [0.3, 0.4) is 0 Å². The summed E-state index contributed by atoms with van der Waals surface area (Å²) in [6.07, 6.45) is 4.70. The normalized spacial score (nSPS) is 16.3. The van der Waals surface area contributed by atoms with Crippen molar-refractivity contribution in [3.05, 3.63) is 31.6 Å². The molecule has 0 bridgehead atoms. The minimum Gasteiger partial charge on any atom is -0.444 e. The third-order valence-corrected chi connectivity index (χ3v) is 2.37. The number of carbonyl (C=O) groups excluding carboxylic acids is 3. The molecule has 137 valence electrons. The van der Waals surface area contributed by atoms with Gasteiger partial charge in [-0.1, -0.05) is 0 Å². The molecule has 8 heteroatoms. The van der Waals surface area contributed by atoms with E-state index in [-0.39, 0.29) is 5.96 Å². The van der Waals surface area contributed by atoms with E-state index in [0.29, 0.717) is 5.92 Å². The number of nitrogens with zero attached hydrogens (tertiary/aromatic N) is 1. The van der Waals surface area contributed by atoms with E-state index >= 15 is 0 Å². The van der Waals surface area contributed by atoms with Gasteiger partial charge in [0.15, 0.2) is 0 Å². The standard InChI is InChI=1S/C17H24N3O5/c1-16(2,3)24-14(22)19-13(20-15(23)25-17(4,5)6)18-12(21)11-9-7-8-10-11/h7-10H,1-6H3,(H2,18,19,20,21,22,23). The first-order chi connectivity index (χ1) is 11.4. The van der Waals surface area contributed by atoms with Crippen molar-refractivity contribution in [3.63, 3.8) is 0 Å². The van der Waals surface area contributed by atoms with E-state index in [0.717, 1.165) is 0 Å². The summed E-state index contributed by atoms with van der Waals surface area (Å²) in [4.78, 5) is 39.4. The zero-order chi connectivity index (χ0) is 19.3. The van der Waals surface area contributed by atoms with Crippen LogP contribution in [-0.4, -0.2) is 35.3 Å². The maximum atomic E-state index is 12.1. The van der Waals surface area contributed by atoms with Crippen molar-refractivity contribution in [1.82, 2.24) is 10.6 Å². The highest BCUT2D eigenvalue weighted by atomic mass is 16.6. The number of carbonyl (C=O) groups is 3. The first kappa shape index (κ1) is 20.9. The van der Waals surface area contributed by atoms with Crippen molar-refractivity contribution in [2.45, 2.75) is 52.7 Å². The number of guanidine groups is 1. The summed E-state index contributed by atoms with van der Waals surface area (Å²) in [5.41, 5.74) is -1.52. The lowest BCUT2D eigenvalue weighted by molar-refractivity contribution is -0.117. The second-order valence-corrected chi connectivity index (χ2v) is 7.20. The highest BCUT2D eigenvalue weighted by molar-refractivity contribution is 6.11. The Morgan fingerprint density at radius 3 is 1.88 bits per heavy atom. The molecule has 1 rings (SSSR count). The lowest BCUT2D eigenvalue weighted by Gasteiger charge is -2.21. The lowest BCUT2D eigenvalue weighted by atomic mass is 10.1. The molecule has 5 radical (unpaired) electrons. The highest BCUT2D eigenvalue weighted by Crippen LogP contribution is 2.22. The molecule has 0 heterocycles. The van der Waals surface area contributed by atoms with Crippen LogP contribution >= 0.6 is 0 Å². The van der Waals surface area contributed by atoms with Gasteiger partial charge in [-0.2, -0.15) is 0 Å². The number of hydrogen-bond acceptors (Lipinski definition) is 5. The number of rotatable bonds is 1. The van der Waals surface area contributed by atoms with E-state index in [1.54, 1.807) is 67.2 Å². The molecular weight excluding hydrogens is 326 g/mol. The van der Waals surface area contributed by atoms with Crippen molar-refractivity contribution in [1.29, 1.82) is 0 Å². The van der Waals surface area contributed by atoms with E-state index in [1.165, 1.54) is 0 Å². The third-order valence-electron chi connectivity index (χ3n) is 2.37. The van der Waals surface area contributed by atoms with Crippen LogP contribution in [0.4, 0.5) is 9.59 Å². The van der Waals surface area contributed by atoms with E-state index < -0.39 is 29.3 Å². The fourth-order valence-corrected chi connectivity index (χ4v) is 1.57. The van der Waals surface area contributed by atoms with Crippen molar-refractivity contribution in [2.24, 2.45) is 4.99 Å². The first-order valence-corrected chi connectivity index (χ1v) is 7.70. The minimum atomic E-state index is -0.957. The van der Waals surface area contributed by atoms with Crippen molar-refractivity contribution >= 4 is 24.1 Å². The molecule has 1 aliphatic rings. The maximum absolute atomic E-state index is 12.1. The summed E-state index contributed by atoms with van der Waals surface area (Å²) in [6.45, 7) is 10.1. The zero-order valence-corrected chi connectivity index (χ0v) is 15.3. The van der Waals surface area contributed by atoms with Gasteiger partial charge in [-0.3, -0.25) is 15.4 Å². The summed E-state index contributed by atoms with van der Waals surface area (Å²) in [7, 11) is 0. The molecule has 0 aromatic rings. The van der Waals surface area contributed by atoms with Gasteiger partial charge in [0.1, 0.15) is 11.2 Å². The Balaban J connectivity index is 2.83. The smallest absolute Gasteiger partial charge is 0.437 e. The predicted molar refractivity (Wildman–Crippen MR) is 91.6 cm³/mol. The molecule has 0 atom stereocenters. The molecule has 0 aliphatic heterocycles. The largest absolute Gasteiger partial charge is 0.444 e. The second-order valence-electron chi connectivity index (χ2n) is 7.20. The minimum absolute atomic E-state index is 0.350. The summed E-state index contributed by atoms with van der Waals surface area (Å²) in [5.74, 6) is -0.569. The summed E-state index contributed by atoms with van der Waals surface area (Å²) in [6, 6.07) is 0. The number of amides is 3. The van der Waals surface area contributed by atoms with Gasteiger partial charge < -0.3 is 9.47 Å². The van der Waals surface area contributed by atoms with E-state index in [2.05, 4.69) is 15.6 Å². The van der Waals surface area contributed by atoms with Gasteiger partial charge in [0.05, 0.1) is 5.92 Å². The molecule has 0 aromatic heterocycles. The van der Waals surface area contributed by atoms with Crippen molar-refractivity contribution in [2.75, 3.05) is 0 Å². The summed E-state index contributed by atoms with van der Waals surface area (Å²) < 4.78 is 10.1. The molecule has 0 unspecified atom stereocenters. The van der Waals surface area contributed by atoms with Crippen LogP contribution < -0.4 is 10.6 Å². The molecule has 25 heavy (non-hydrogen) atoms. The van der Waals surface area contributed by atoms with Gasteiger partial charge in [-0.25, -0.2) is 9.59 Å². The molecule has 2 N–H and O–H groups in total. The SMILES string of the molecule is CC(C)(C)OC(=O)/N=C(/NC(=O)OC(C)(C)C)NC(=O)[C]1[CH][CH][CH][CH]1. The predicted octanol–water partition coefficient (Wildman–Crippen LogP) is 2.32. The Kier molecular flexibility index (Phi) is 6.96. The van der Waals surface area contributed by atoms with Gasteiger partial charge >= 0.3 is 12.2 Å². The molecule has 1 fully saturated rings. The average molecular weight is 350 g/mol. The van der Waals surface area contributed by atoms with Gasteiger partial charge in [0.25, 0.3) is 0 Å². The Labute approximate surface area is 148 Å². The fourth-order valence-electron chi connectivity index (χ4n) is 1.57. The zero-order valence-electron chi connectivity index (χ0n) is 15.3. The Morgan fingerprint density at radius 1 is 0.880 bits per heavy atom. The number of alkyl carbamates (subject to hydrolysis) is 1. The lowest BCUT2D eigenvalue weighted by Crippen LogP contribution is -2.47. The number of ether oxygens (including phenoxy) is 2. The second kappa shape index (κ2) is 8.31. The van der Waals surface area contributed by atoms with Gasteiger partial charge in [-0.05, 0) is 67.2 Å². The Hall–Kier alpha value is -2.12. The number of aliphatic imine (C=N–C) groups is 1. The molecule has 1 saturated carbocycles. The van der Waals surface area contributed by atoms with Gasteiger partial charge in [0.2, 0.25) is 11.9 Å². The van der Waals surface area contributed by atoms with Crippen LogP contribution in [0.5, 0.6) is 0 Å². The van der Waals surface area contributed by atoms with Crippen LogP contribution in [-0.2, 0) is 14.3 Å². The maximum Gasteiger partial charge on any atom is 0.437 e. The fraction of sp³-hybridized carbons (Fsp3) is 0.471. The summed E-state index contributed by atoms with van der Waals surface area (Å²) >= 11 is 0. The Morgan fingerprint density at radius 2 is 1.40 bits per heavy atom. The van der Waals surface area contributed by atoms with Crippen LogP contribution in [0, 0.1) is 31.6 Å². The topological polar surface area (TPSA) is 106 Å². The van der Waals surface area contributed by atoms with Gasteiger partial charge in [-0.15, -0.1) is 4.99 Å². The van der Waals surface area contributed by atoms with Gasteiger partial charge in [0, 0.05) is 0 Å². The third kappa shape index (κ3) is 9.07. The molecule has 0 aromatic carbocycles. The number of nitrogens with one attached hydrogen (secondary N) is 2. The quantitative estimate of drug-likeness (QED) is 0.557. The molecule has 0 saturated heterocycles. The van der Waals surface area contributed by atoms with Crippen LogP contribution in [0.2, 0.25) is 0 Å². The van der Waals surface area contributed by atoms with E-state index in [1.807, 2.05) is 0 Å². The van der Waals surface area contributed by atoms with Crippen LogP contribution in [0.25, 0.3) is 0 Å². The highest BCUT2D eigenvalue weighted by Gasteiger charge is 2.27. The molecule has 8 nitrogen and oxygen atoms in total. The first-order valence-electron chi connectivity index (χ1n) is 7.70. The molecule has 1 aliphatic carbocycles. The summed E-state index contributed by atoms with van der Waals surface area (Å²) in [5, 5.41) is 4.59. The van der Waals surface area contributed by atoms with E-state index in [9.17, 15) is 14.4 Å². The Bertz CT molecular complexity index is 537. The number of hydrogen-bond donors (Lipinski definition) is 2. The van der Waals surface area contributed by atoms with Crippen LogP contribution in [0.15, 0.2) is 4.99 Å². The molecule has 0 spiro atoms. The molecular formula is C17H24N3O5. The van der Waals surface area contributed by atoms with E-state index in [4.69, 9.17) is 9.47 Å². The van der Waals surface area contributed by atoms with Crippen LogP contribution in [0.1, 0.15) is 41.5 Å². The van der Waals surface area contributed by atoms with Crippen molar-refractivity contribution in [3.8, 4) is 0 Å².